The Hall–Kier alpha value is -1.84. The van der Waals surface area contributed by atoms with Crippen LogP contribution in [0.25, 0.3) is 0 Å². The number of amidine groups is 1. The lowest BCUT2D eigenvalue weighted by Crippen LogP contribution is -2.16. The first kappa shape index (κ1) is 10.2. The van der Waals surface area contributed by atoms with Crippen molar-refractivity contribution in [3.05, 3.63) is 35.9 Å². The molecule has 0 spiro atoms. The van der Waals surface area contributed by atoms with Crippen LogP contribution in [0.5, 0.6) is 0 Å². The summed E-state index contributed by atoms with van der Waals surface area (Å²) in [6.45, 7) is 2.00. The normalized spacial score (nSPS) is 11.1. The highest BCUT2D eigenvalue weighted by Gasteiger charge is 2.01. The van der Waals surface area contributed by atoms with E-state index < -0.39 is 6.09 Å². The second kappa shape index (κ2) is 5.01. The molecule has 1 rings (SSSR count). The Kier molecular flexibility index (Phi) is 3.67. The SMILES string of the molecule is CCOC(=O)N=C(N)c1cc[c]cc1. The van der Waals surface area contributed by atoms with Crippen LogP contribution < -0.4 is 5.73 Å². The van der Waals surface area contributed by atoms with E-state index >= 15 is 0 Å². The van der Waals surface area contributed by atoms with Crippen LogP contribution in [0, 0.1) is 6.07 Å². The van der Waals surface area contributed by atoms with E-state index in [-0.39, 0.29) is 12.4 Å². The molecule has 0 bridgehead atoms. The molecule has 4 nitrogen and oxygen atoms in total. The smallest absolute Gasteiger partial charge is 0.435 e. The minimum absolute atomic E-state index is 0.150. The van der Waals surface area contributed by atoms with E-state index in [1.54, 1.807) is 31.2 Å². The van der Waals surface area contributed by atoms with Crippen LogP contribution in [0.15, 0.2) is 29.3 Å². The van der Waals surface area contributed by atoms with Gasteiger partial charge in [0.2, 0.25) is 0 Å². The standard InChI is InChI=1S/C10H11N2O2/c1-2-14-10(13)12-9(11)8-6-4-3-5-7-8/h4-7H,2H2,1H3,(H2,11,12,13). The van der Waals surface area contributed by atoms with Gasteiger partial charge in [-0.25, -0.2) is 4.79 Å². The van der Waals surface area contributed by atoms with Crippen LogP contribution >= 0.6 is 0 Å². The van der Waals surface area contributed by atoms with Crippen molar-refractivity contribution in [1.29, 1.82) is 0 Å². The lowest BCUT2D eigenvalue weighted by Gasteiger charge is -1.99. The van der Waals surface area contributed by atoms with Gasteiger partial charge in [0.15, 0.2) is 0 Å². The predicted molar refractivity (Wildman–Crippen MR) is 53.0 cm³/mol. The van der Waals surface area contributed by atoms with E-state index in [0.29, 0.717) is 5.56 Å². The second-order valence-electron chi connectivity index (χ2n) is 2.48. The number of nitrogens with two attached hydrogens (primary N) is 1. The molecule has 0 heterocycles. The molecule has 2 N–H and O–H groups in total. The average Bonchev–Trinajstić information content (AvgIpc) is 2.19. The molecule has 0 atom stereocenters. The number of rotatable bonds is 2. The molecule has 0 fully saturated rings. The van der Waals surface area contributed by atoms with Crippen LogP contribution in [0.2, 0.25) is 0 Å². The van der Waals surface area contributed by atoms with Crippen LogP contribution in [-0.4, -0.2) is 18.5 Å². The van der Waals surface area contributed by atoms with Gasteiger partial charge in [0.05, 0.1) is 6.61 Å². The van der Waals surface area contributed by atoms with Crippen LogP contribution in [0.3, 0.4) is 0 Å². The summed E-state index contributed by atoms with van der Waals surface area (Å²) in [5, 5.41) is 0. The Morgan fingerprint density at radius 1 is 1.57 bits per heavy atom. The van der Waals surface area contributed by atoms with Gasteiger partial charge in [-0.1, -0.05) is 24.3 Å². The Balaban J connectivity index is 2.75. The number of carbonyl (C=O) groups is 1. The van der Waals surface area contributed by atoms with Crippen molar-refractivity contribution in [2.24, 2.45) is 10.7 Å². The van der Waals surface area contributed by atoms with E-state index in [4.69, 9.17) is 5.73 Å². The largest absolute Gasteiger partial charge is 0.448 e. The highest BCUT2D eigenvalue weighted by Crippen LogP contribution is 1.97. The summed E-state index contributed by atoms with van der Waals surface area (Å²) in [5.74, 6) is 0.150. The third-order valence-corrected chi connectivity index (χ3v) is 1.49. The van der Waals surface area contributed by atoms with Crippen LogP contribution in [0.4, 0.5) is 4.79 Å². The summed E-state index contributed by atoms with van der Waals surface area (Å²) in [5.41, 5.74) is 6.24. The fourth-order valence-corrected chi connectivity index (χ4v) is 0.876. The molecule has 4 heteroatoms. The number of hydrogen-bond acceptors (Lipinski definition) is 2. The number of carbonyl (C=O) groups excluding carboxylic acids is 1. The maximum absolute atomic E-state index is 10.9. The van der Waals surface area contributed by atoms with Crippen molar-refractivity contribution in [3.8, 4) is 0 Å². The summed E-state index contributed by atoms with van der Waals surface area (Å²) in [6, 6.07) is 9.67. The fraction of sp³-hybridized carbons (Fsp3) is 0.200. The van der Waals surface area contributed by atoms with Crippen molar-refractivity contribution in [1.82, 2.24) is 0 Å². The zero-order valence-corrected chi connectivity index (χ0v) is 7.86. The van der Waals surface area contributed by atoms with Crippen molar-refractivity contribution < 1.29 is 9.53 Å². The fourth-order valence-electron chi connectivity index (χ4n) is 0.876. The first-order valence-corrected chi connectivity index (χ1v) is 4.21. The highest BCUT2D eigenvalue weighted by molar-refractivity contribution is 6.02. The molecule has 73 valence electrons. The van der Waals surface area contributed by atoms with Crippen molar-refractivity contribution in [3.63, 3.8) is 0 Å². The molecular formula is C10H11N2O2. The average molecular weight is 191 g/mol. The van der Waals surface area contributed by atoms with E-state index in [9.17, 15) is 4.79 Å². The van der Waals surface area contributed by atoms with Gasteiger partial charge in [0.25, 0.3) is 0 Å². The molecule has 14 heavy (non-hydrogen) atoms. The summed E-state index contributed by atoms with van der Waals surface area (Å²) < 4.78 is 4.62. The lowest BCUT2D eigenvalue weighted by atomic mass is 10.2. The summed E-state index contributed by atoms with van der Waals surface area (Å²) in [4.78, 5) is 14.5. The molecule has 0 aliphatic rings. The molecule has 1 aromatic rings. The maximum Gasteiger partial charge on any atom is 0.435 e. The van der Waals surface area contributed by atoms with Crippen LogP contribution in [-0.2, 0) is 4.74 Å². The van der Waals surface area contributed by atoms with Gasteiger partial charge < -0.3 is 10.5 Å². The minimum Gasteiger partial charge on any atom is -0.448 e. The Bertz CT molecular complexity index is 333. The maximum atomic E-state index is 10.9. The number of ether oxygens (including phenoxy) is 1. The third-order valence-electron chi connectivity index (χ3n) is 1.49. The van der Waals surface area contributed by atoms with Crippen molar-refractivity contribution in [2.45, 2.75) is 6.92 Å². The van der Waals surface area contributed by atoms with Gasteiger partial charge in [-0.05, 0) is 13.0 Å². The molecule has 0 aliphatic carbocycles. The highest BCUT2D eigenvalue weighted by atomic mass is 16.5. The molecule has 1 aromatic carbocycles. The predicted octanol–water partition coefficient (Wildman–Crippen LogP) is 1.35. The molecule has 1 radical (unpaired) electrons. The first-order valence-electron chi connectivity index (χ1n) is 4.21. The summed E-state index contributed by atoms with van der Waals surface area (Å²) >= 11 is 0. The van der Waals surface area contributed by atoms with Gasteiger partial charge in [0, 0.05) is 5.56 Å². The molecular weight excluding hydrogens is 180 g/mol. The number of aliphatic imine (C=N–C) groups is 1. The van der Waals surface area contributed by atoms with E-state index in [0.717, 1.165) is 0 Å². The van der Waals surface area contributed by atoms with Gasteiger partial charge >= 0.3 is 6.09 Å². The first-order chi connectivity index (χ1) is 6.74. The van der Waals surface area contributed by atoms with E-state index in [1.165, 1.54) is 0 Å². The quantitative estimate of drug-likeness (QED) is 0.566. The Morgan fingerprint density at radius 2 is 2.21 bits per heavy atom. The van der Waals surface area contributed by atoms with Crippen molar-refractivity contribution >= 4 is 11.9 Å². The zero-order chi connectivity index (χ0) is 10.4. The Labute approximate surface area is 82.4 Å². The number of nitrogens with zero attached hydrogens (tertiary/aromatic N) is 1. The lowest BCUT2D eigenvalue weighted by molar-refractivity contribution is 0.163. The minimum atomic E-state index is -0.669. The second-order valence-corrected chi connectivity index (χ2v) is 2.48. The topological polar surface area (TPSA) is 64.7 Å². The number of benzene rings is 1. The molecule has 0 saturated heterocycles. The summed E-state index contributed by atoms with van der Waals surface area (Å²) in [6.07, 6.45) is -0.669. The molecule has 0 aliphatic heterocycles. The van der Waals surface area contributed by atoms with Gasteiger partial charge in [-0.15, -0.1) is 0 Å². The molecule has 0 unspecified atom stereocenters. The molecule has 1 amide bonds. The van der Waals surface area contributed by atoms with E-state index in [1.807, 2.05) is 0 Å². The summed E-state index contributed by atoms with van der Waals surface area (Å²) in [7, 11) is 0. The Morgan fingerprint density at radius 3 is 2.79 bits per heavy atom. The van der Waals surface area contributed by atoms with Gasteiger partial charge in [0.1, 0.15) is 5.84 Å². The third kappa shape index (κ3) is 2.90. The molecule has 0 saturated carbocycles. The van der Waals surface area contributed by atoms with Crippen LogP contribution in [0.1, 0.15) is 12.5 Å². The van der Waals surface area contributed by atoms with Gasteiger partial charge in [-0.3, -0.25) is 0 Å². The van der Waals surface area contributed by atoms with Crippen molar-refractivity contribution in [2.75, 3.05) is 6.61 Å². The van der Waals surface area contributed by atoms with E-state index in [2.05, 4.69) is 15.8 Å². The van der Waals surface area contributed by atoms with Gasteiger partial charge in [-0.2, -0.15) is 4.99 Å². The number of amides is 1. The molecule has 0 aromatic heterocycles. The zero-order valence-electron chi connectivity index (χ0n) is 7.86. The monoisotopic (exact) mass is 191 g/mol. The number of hydrogen-bond donors (Lipinski definition) is 1.